The number of carboxylic acids is 1. The van der Waals surface area contributed by atoms with E-state index in [1.807, 2.05) is 31.3 Å². The van der Waals surface area contributed by atoms with Crippen molar-refractivity contribution in [2.45, 2.75) is 45.1 Å². The van der Waals surface area contributed by atoms with Gasteiger partial charge in [0.15, 0.2) is 5.13 Å². The fourth-order valence-electron chi connectivity index (χ4n) is 5.60. The van der Waals surface area contributed by atoms with E-state index in [1.165, 1.54) is 6.42 Å². The molecule has 5 rings (SSSR count). The van der Waals surface area contributed by atoms with Crippen molar-refractivity contribution in [3.63, 3.8) is 0 Å². The van der Waals surface area contributed by atoms with Gasteiger partial charge < -0.3 is 24.6 Å². The Hall–Kier alpha value is -3.36. The van der Waals surface area contributed by atoms with Crippen molar-refractivity contribution in [1.29, 1.82) is 0 Å². The molecule has 1 saturated heterocycles. The van der Waals surface area contributed by atoms with E-state index in [-0.39, 0.29) is 12.7 Å². The second kappa shape index (κ2) is 16.8. The molecule has 1 aliphatic carbocycles. The van der Waals surface area contributed by atoms with Crippen molar-refractivity contribution in [2.24, 2.45) is 0 Å². The van der Waals surface area contributed by atoms with Gasteiger partial charge in [-0.1, -0.05) is 23.8 Å². The Labute approximate surface area is 268 Å². The number of hydrogen-bond donors (Lipinski definition) is 3. The van der Waals surface area contributed by atoms with E-state index < -0.39 is 12.1 Å². The number of carbonyl (C=O) groups excluding carboxylic acids is 1. The van der Waals surface area contributed by atoms with Crippen LogP contribution in [0.15, 0.2) is 30.5 Å². The lowest BCUT2D eigenvalue weighted by Crippen LogP contribution is -2.48. The van der Waals surface area contributed by atoms with Crippen molar-refractivity contribution >= 4 is 44.4 Å². The first-order chi connectivity index (χ1) is 21.9. The second-order valence-corrected chi connectivity index (χ2v) is 12.5. The third kappa shape index (κ3) is 10.3. The SMILES string of the molecule is Cc1ncc(-c2ccc3nc(NCCN4CCN(CCOCCOCC(=O)O)CC4)sc3c2)cc1NC(=O)OC1CCCCC1. The van der Waals surface area contributed by atoms with Crippen LogP contribution in [0.25, 0.3) is 21.3 Å². The van der Waals surface area contributed by atoms with E-state index in [0.717, 1.165) is 104 Å². The predicted molar refractivity (Wildman–Crippen MR) is 175 cm³/mol. The number of benzene rings is 1. The molecule has 3 N–H and O–H groups in total. The summed E-state index contributed by atoms with van der Waals surface area (Å²) in [5.74, 6) is -0.965. The van der Waals surface area contributed by atoms with E-state index in [2.05, 4.69) is 31.5 Å². The Bertz CT molecular complexity index is 1410. The molecule has 12 nitrogen and oxygen atoms in total. The van der Waals surface area contributed by atoms with Crippen LogP contribution in [-0.4, -0.2) is 115 Å². The maximum Gasteiger partial charge on any atom is 0.411 e. The van der Waals surface area contributed by atoms with Gasteiger partial charge in [-0.2, -0.15) is 0 Å². The Balaban J connectivity index is 1.04. The van der Waals surface area contributed by atoms with Crippen LogP contribution in [0.5, 0.6) is 0 Å². The number of aryl methyl sites for hydroxylation is 1. The molecular weight excluding hydrogens is 596 g/mol. The van der Waals surface area contributed by atoms with Crippen LogP contribution in [0.3, 0.4) is 0 Å². The number of ether oxygens (including phenoxy) is 3. The number of rotatable bonds is 15. The first-order valence-electron chi connectivity index (χ1n) is 15.8. The monoisotopic (exact) mass is 640 g/mol. The van der Waals surface area contributed by atoms with E-state index in [1.54, 1.807) is 11.3 Å². The number of thiazole rings is 1. The van der Waals surface area contributed by atoms with Crippen LogP contribution in [-0.2, 0) is 19.0 Å². The third-order valence-corrected chi connectivity index (χ3v) is 9.17. The molecule has 244 valence electrons. The topological polar surface area (TPSA) is 138 Å². The Morgan fingerprint density at radius 1 is 0.978 bits per heavy atom. The summed E-state index contributed by atoms with van der Waals surface area (Å²) >= 11 is 1.64. The molecule has 45 heavy (non-hydrogen) atoms. The lowest BCUT2D eigenvalue weighted by molar-refractivity contribution is -0.142. The van der Waals surface area contributed by atoms with Gasteiger partial charge in [-0.15, -0.1) is 0 Å². The first-order valence-corrected chi connectivity index (χ1v) is 16.7. The van der Waals surface area contributed by atoms with Gasteiger partial charge in [0.25, 0.3) is 0 Å². The van der Waals surface area contributed by atoms with Crippen LogP contribution in [0.2, 0.25) is 0 Å². The van der Waals surface area contributed by atoms with Gasteiger partial charge in [0, 0.05) is 57.6 Å². The summed E-state index contributed by atoms with van der Waals surface area (Å²) < 4.78 is 17.3. The first kappa shape index (κ1) is 33.0. The van der Waals surface area contributed by atoms with Crippen LogP contribution in [0, 0.1) is 6.92 Å². The lowest BCUT2D eigenvalue weighted by Gasteiger charge is -2.34. The van der Waals surface area contributed by atoms with Crippen LogP contribution in [0.1, 0.15) is 37.8 Å². The molecule has 13 heteroatoms. The number of pyridine rings is 1. The van der Waals surface area contributed by atoms with E-state index in [0.29, 0.717) is 25.5 Å². The fourth-order valence-corrected chi connectivity index (χ4v) is 6.53. The highest BCUT2D eigenvalue weighted by atomic mass is 32.1. The summed E-state index contributed by atoms with van der Waals surface area (Å²) in [6, 6.07) is 8.15. The fraction of sp³-hybridized carbons (Fsp3) is 0.562. The minimum Gasteiger partial charge on any atom is -0.480 e. The number of aromatic nitrogens is 2. The third-order valence-electron chi connectivity index (χ3n) is 8.19. The summed E-state index contributed by atoms with van der Waals surface area (Å²) in [6.45, 7) is 9.55. The van der Waals surface area contributed by atoms with Gasteiger partial charge in [-0.05, 0) is 56.4 Å². The number of carbonyl (C=O) groups is 2. The quantitative estimate of drug-likeness (QED) is 0.199. The molecule has 0 radical (unpaired) electrons. The van der Waals surface area contributed by atoms with Crippen molar-refractivity contribution in [3.8, 4) is 11.1 Å². The minimum absolute atomic E-state index is 0.0000107. The number of amides is 1. The highest BCUT2D eigenvalue weighted by Gasteiger charge is 2.19. The Kier molecular flexibility index (Phi) is 12.3. The number of hydrogen-bond acceptors (Lipinski definition) is 11. The molecule has 2 aromatic heterocycles. The molecule has 0 unspecified atom stereocenters. The normalized spacial score (nSPS) is 16.6. The molecule has 3 heterocycles. The standard InChI is InChI=1S/C32H44N6O6S/c1-23-28(36-32(41)44-26-5-3-2-4-6-26)19-25(21-34-23)24-7-8-27-29(20-24)45-31(35-27)33-9-10-37-11-13-38(14-12-37)15-16-42-17-18-43-22-30(39)40/h7-8,19-21,26H,2-6,9-18,22H2,1H3,(H,33,35)(H,36,41)(H,39,40). The number of piperazine rings is 1. The van der Waals surface area contributed by atoms with Gasteiger partial charge in [0.05, 0.1) is 41.4 Å². The highest BCUT2D eigenvalue weighted by molar-refractivity contribution is 7.22. The zero-order valence-electron chi connectivity index (χ0n) is 26.0. The molecular formula is C32H44N6O6S. The number of anilines is 2. The van der Waals surface area contributed by atoms with E-state index in [9.17, 15) is 9.59 Å². The zero-order valence-corrected chi connectivity index (χ0v) is 26.8. The molecule has 1 aliphatic heterocycles. The number of fused-ring (bicyclic) bond motifs is 1. The molecule has 2 fully saturated rings. The summed E-state index contributed by atoms with van der Waals surface area (Å²) in [5, 5.41) is 15.9. The lowest BCUT2D eigenvalue weighted by atomic mass is 9.98. The molecule has 0 bridgehead atoms. The van der Waals surface area contributed by atoms with Crippen molar-refractivity contribution < 1.29 is 28.9 Å². The van der Waals surface area contributed by atoms with Gasteiger partial charge in [-0.3, -0.25) is 20.1 Å². The largest absolute Gasteiger partial charge is 0.480 e. The summed E-state index contributed by atoms with van der Waals surface area (Å²) in [7, 11) is 0. The molecule has 1 amide bonds. The van der Waals surface area contributed by atoms with Crippen molar-refractivity contribution in [2.75, 3.05) is 82.9 Å². The molecule has 0 atom stereocenters. The average Bonchev–Trinajstić information content (AvgIpc) is 3.45. The average molecular weight is 641 g/mol. The maximum absolute atomic E-state index is 12.5. The maximum atomic E-state index is 12.5. The van der Waals surface area contributed by atoms with Crippen LogP contribution < -0.4 is 10.6 Å². The predicted octanol–water partition coefficient (Wildman–Crippen LogP) is 4.70. The molecule has 1 saturated carbocycles. The van der Waals surface area contributed by atoms with Crippen LogP contribution >= 0.6 is 11.3 Å². The smallest absolute Gasteiger partial charge is 0.411 e. The van der Waals surface area contributed by atoms with Crippen molar-refractivity contribution in [3.05, 3.63) is 36.2 Å². The summed E-state index contributed by atoms with van der Waals surface area (Å²) in [4.78, 5) is 37.1. The number of nitrogens with zero attached hydrogens (tertiary/aromatic N) is 4. The highest BCUT2D eigenvalue weighted by Crippen LogP contribution is 2.32. The number of carboxylic acid groups (broad SMARTS) is 1. The second-order valence-electron chi connectivity index (χ2n) is 11.5. The molecule has 2 aliphatic rings. The van der Waals surface area contributed by atoms with Gasteiger partial charge in [0.2, 0.25) is 0 Å². The van der Waals surface area contributed by atoms with Gasteiger partial charge in [0.1, 0.15) is 12.7 Å². The summed E-state index contributed by atoms with van der Waals surface area (Å²) in [6.07, 6.45) is 6.72. The van der Waals surface area contributed by atoms with E-state index >= 15 is 0 Å². The van der Waals surface area contributed by atoms with Gasteiger partial charge in [-0.25, -0.2) is 14.6 Å². The van der Waals surface area contributed by atoms with Crippen molar-refractivity contribution in [1.82, 2.24) is 19.8 Å². The van der Waals surface area contributed by atoms with E-state index in [4.69, 9.17) is 24.3 Å². The molecule has 0 spiro atoms. The zero-order chi connectivity index (χ0) is 31.4. The molecule has 1 aromatic carbocycles. The summed E-state index contributed by atoms with van der Waals surface area (Å²) in [5.41, 5.74) is 4.30. The number of aliphatic carboxylic acids is 1. The van der Waals surface area contributed by atoms with Gasteiger partial charge >= 0.3 is 12.1 Å². The Morgan fingerprint density at radius 3 is 2.51 bits per heavy atom. The number of nitrogens with one attached hydrogen (secondary N) is 2. The molecule has 3 aromatic rings. The Morgan fingerprint density at radius 2 is 1.73 bits per heavy atom. The minimum atomic E-state index is -0.965. The van der Waals surface area contributed by atoms with Crippen LogP contribution in [0.4, 0.5) is 15.6 Å².